The highest BCUT2D eigenvalue weighted by Gasteiger charge is 2.20. The highest BCUT2D eigenvalue weighted by atomic mass is 32.2. The smallest absolute Gasteiger partial charge is 0.342 e. The molecular formula is C20H18N4O5S. The van der Waals surface area contributed by atoms with Crippen LogP contribution >= 0.6 is 11.8 Å². The molecule has 0 unspecified atom stereocenters. The van der Waals surface area contributed by atoms with Gasteiger partial charge in [-0.15, -0.1) is 0 Å². The lowest BCUT2D eigenvalue weighted by Crippen LogP contribution is -2.36. The summed E-state index contributed by atoms with van der Waals surface area (Å²) in [5.41, 5.74) is 2.62. The van der Waals surface area contributed by atoms with Crippen molar-refractivity contribution in [1.82, 2.24) is 9.97 Å². The number of hydrogen-bond donors (Lipinski definition) is 2. The minimum Gasteiger partial charge on any atom is -0.477 e. The SMILES string of the molecule is O=C(O)/C(=C/c1cc([N+](=O)[O-])ccc1N1CCOCC1)Sc1nc2ccccc2[nH]1. The first-order valence-electron chi connectivity index (χ1n) is 9.20. The molecule has 0 radical (unpaired) electrons. The van der Waals surface area contributed by atoms with Gasteiger partial charge in [0.15, 0.2) is 5.16 Å². The molecule has 0 saturated carbocycles. The number of hydrogen-bond acceptors (Lipinski definition) is 7. The zero-order valence-corrected chi connectivity index (χ0v) is 16.6. The Bertz CT molecular complexity index is 1100. The predicted octanol–water partition coefficient (Wildman–Crippen LogP) is 3.53. The molecule has 1 aromatic heterocycles. The van der Waals surface area contributed by atoms with Crippen molar-refractivity contribution in [2.45, 2.75) is 5.16 Å². The molecule has 2 N–H and O–H groups in total. The van der Waals surface area contributed by atoms with E-state index in [-0.39, 0.29) is 10.6 Å². The zero-order valence-electron chi connectivity index (χ0n) is 15.8. The van der Waals surface area contributed by atoms with E-state index in [1.165, 1.54) is 18.2 Å². The minimum absolute atomic E-state index is 0.00376. The highest BCUT2D eigenvalue weighted by molar-refractivity contribution is 8.04. The molecule has 0 aliphatic carbocycles. The molecule has 0 bridgehead atoms. The van der Waals surface area contributed by atoms with Crippen LogP contribution in [0.2, 0.25) is 0 Å². The van der Waals surface area contributed by atoms with Crippen molar-refractivity contribution in [2.75, 3.05) is 31.2 Å². The van der Waals surface area contributed by atoms with Crippen molar-refractivity contribution >= 4 is 46.2 Å². The van der Waals surface area contributed by atoms with Gasteiger partial charge in [0.05, 0.1) is 29.2 Å². The summed E-state index contributed by atoms with van der Waals surface area (Å²) >= 11 is 0.969. The number of nitro benzene ring substituents is 1. The third-order valence-electron chi connectivity index (χ3n) is 4.65. The average molecular weight is 426 g/mol. The van der Waals surface area contributed by atoms with Crippen molar-refractivity contribution in [3.05, 3.63) is 63.0 Å². The van der Waals surface area contributed by atoms with Crippen LogP contribution in [0.3, 0.4) is 0 Å². The lowest BCUT2D eigenvalue weighted by molar-refractivity contribution is -0.384. The van der Waals surface area contributed by atoms with Gasteiger partial charge in [0.1, 0.15) is 4.91 Å². The topological polar surface area (TPSA) is 122 Å². The van der Waals surface area contributed by atoms with E-state index >= 15 is 0 Å². The Balaban J connectivity index is 1.73. The van der Waals surface area contributed by atoms with E-state index in [2.05, 4.69) is 9.97 Å². The molecule has 4 rings (SSSR count). The normalized spacial score (nSPS) is 14.8. The summed E-state index contributed by atoms with van der Waals surface area (Å²) in [6.07, 6.45) is 1.46. The van der Waals surface area contributed by atoms with Gasteiger partial charge in [0, 0.05) is 36.5 Å². The molecule has 1 aliphatic rings. The number of rotatable bonds is 6. The molecule has 154 valence electrons. The molecule has 0 spiro atoms. The first kappa shape index (κ1) is 19.9. The van der Waals surface area contributed by atoms with E-state index < -0.39 is 10.9 Å². The van der Waals surface area contributed by atoms with Gasteiger partial charge >= 0.3 is 5.97 Å². The number of H-pyrrole nitrogens is 1. The summed E-state index contributed by atoms with van der Waals surface area (Å²) in [7, 11) is 0. The van der Waals surface area contributed by atoms with Gasteiger partial charge in [-0.1, -0.05) is 12.1 Å². The first-order valence-corrected chi connectivity index (χ1v) is 10.0. The Kier molecular flexibility index (Phi) is 5.68. The molecule has 1 aliphatic heterocycles. The number of aromatic nitrogens is 2. The average Bonchev–Trinajstić information content (AvgIpc) is 3.16. The maximum atomic E-state index is 11.9. The number of morpholine rings is 1. The standard InChI is InChI=1S/C20H18N4O5S/c25-19(26)18(30-20-21-15-3-1-2-4-16(15)22-20)12-13-11-14(24(27)28)5-6-17(13)23-7-9-29-10-8-23/h1-6,11-12H,7-10H2,(H,21,22)(H,25,26)/b18-12-. The van der Waals surface area contributed by atoms with E-state index in [1.54, 1.807) is 6.07 Å². The first-order chi connectivity index (χ1) is 14.5. The molecule has 0 atom stereocenters. The van der Waals surface area contributed by atoms with Gasteiger partial charge in [0.2, 0.25) is 0 Å². The number of nitrogens with one attached hydrogen (secondary N) is 1. The molecule has 9 nitrogen and oxygen atoms in total. The highest BCUT2D eigenvalue weighted by Crippen LogP contribution is 2.33. The zero-order chi connectivity index (χ0) is 21.1. The van der Waals surface area contributed by atoms with E-state index in [1.807, 2.05) is 29.2 Å². The Morgan fingerprint density at radius 3 is 2.73 bits per heavy atom. The molecule has 3 aromatic rings. The van der Waals surface area contributed by atoms with Crippen LogP contribution in [0.5, 0.6) is 0 Å². The second-order valence-electron chi connectivity index (χ2n) is 6.57. The van der Waals surface area contributed by atoms with E-state index in [4.69, 9.17) is 4.74 Å². The number of aliphatic carboxylic acids is 1. The Morgan fingerprint density at radius 2 is 2.03 bits per heavy atom. The van der Waals surface area contributed by atoms with Gasteiger partial charge < -0.3 is 19.7 Å². The van der Waals surface area contributed by atoms with Crippen molar-refractivity contribution in [3.8, 4) is 0 Å². The molecule has 0 amide bonds. The second-order valence-corrected chi connectivity index (χ2v) is 7.61. The summed E-state index contributed by atoms with van der Waals surface area (Å²) in [5.74, 6) is -1.14. The van der Waals surface area contributed by atoms with Crippen LogP contribution in [0, 0.1) is 10.1 Å². The van der Waals surface area contributed by atoms with Gasteiger partial charge in [0.25, 0.3) is 5.69 Å². The van der Waals surface area contributed by atoms with Crippen LogP contribution in [0.25, 0.3) is 17.1 Å². The second kappa shape index (κ2) is 8.56. The molecule has 2 aromatic carbocycles. The molecular weight excluding hydrogens is 408 g/mol. The van der Waals surface area contributed by atoms with Crippen LogP contribution in [0.1, 0.15) is 5.56 Å². The van der Waals surface area contributed by atoms with Gasteiger partial charge in [-0.3, -0.25) is 10.1 Å². The third kappa shape index (κ3) is 4.29. The number of fused-ring (bicyclic) bond motifs is 1. The number of carbonyl (C=O) groups is 1. The summed E-state index contributed by atoms with van der Waals surface area (Å²) in [5, 5.41) is 21.5. The summed E-state index contributed by atoms with van der Waals surface area (Å²) < 4.78 is 5.37. The quantitative estimate of drug-likeness (QED) is 0.266. The number of para-hydroxylation sites is 2. The van der Waals surface area contributed by atoms with Crippen molar-refractivity contribution in [3.63, 3.8) is 0 Å². The number of nitrogens with zero attached hydrogens (tertiary/aromatic N) is 3. The summed E-state index contributed by atoms with van der Waals surface area (Å²) in [6.45, 7) is 2.33. The summed E-state index contributed by atoms with van der Waals surface area (Å²) in [4.78, 5) is 32.2. The largest absolute Gasteiger partial charge is 0.477 e. The molecule has 1 fully saturated rings. The number of anilines is 1. The summed E-state index contributed by atoms with van der Waals surface area (Å²) in [6, 6.07) is 11.9. The van der Waals surface area contributed by atoms with Gasteiger partial charge in [-0.25, -0.2) is 9.78 Å². The molecule has 10 heteroatoms. The van der Waals surface area contributed by atoms with E-state index in [9.17, 15) is 20.0 Å². The van der Waals surface area contributed by atoms with Crippen LogP contribution in [0.15, 0.2) is 52.5 Å². The minimum atomic E-state index is -1.14. The van der Waals surface area contributed by atoms with Crippen LogP contribution in [0.4, 0.5) is 11.4 Å². The fraction of sp³-hybridized carbons (Fsp3) is 0.200. The monoisotopic (exact) mass is 426 g/mol. The lowest BCUT2D eigenvalue weighted by Gasteiger charge is -2.30. The molecule has 1 saturated heterocycles. The number of thioether (sulfide) groups is 1. The van der Waals surface area contributed by atoms with Crippen molar-refractivity contribution in [1.29, 1.82) is 0 Å². The van der Waals surface area contributed by atoms with E-state index in [0.717, 1.165) is 28.5 Å². The third-order valence-corrected chi connectivity index (χ3v) is 5.54. The van der Waals surface area contributed by atoms with Gasteiger partial charge in [-0.2, -0.15) is 0 Å². The van der Waals surface area contributed by atoms with E-state index in [0.29, 0.717) is 37.0 Å². The number of non-ortho nitro benzene ring substituents is 1. The molecule has 2 heterocycles. The number of carboxylic acid groups (broad SMARTS) is 1. The Morgan fingerprint density at radius 1 is 1.27 bits per heavy atom. The number of benzene rings is 2. The van der Waals surface area contributed by atoms with Crippen molar-refractivity contribution in [2.24, 2.45) is 0 Å². The van der Waals surface area contributed by atoms with Gasteiger partial charge in [-0.05, 0) is 36.0 Å². The number of nitro groups is 1. The fourth-order valence-electron chi connectivity index (χ4n) is 3.22. The van der Waals surface area contributed by atoms with Crippen molar-refractivity contribution < 1.29 is 19.6 Å². The van der Waals surface area contributed by atoms with Crippen LogP contribution < -0.4 is 4.90 Å². The number of aromatic amines is 1. The van der Waals surface area contributed by atoms with Crippen LogP contribution in [-0.4, -0.2) is 52.3 Å². The fourth-order valence-corrected chi connectivity index (χ4v) is 4.01. The Hall–Kier alpha value is -3.37. The van der Waals surface area contributed by atoms with Crippen LogP contribution in [-0.2, 0) is 9.53 Å². The lowest BCUT2D eigenvalue weighted by atomic mass is 10.1. The maximum Gasteiger partial charge on any atom is 0.342 e. The number of ether oxygens (including phenoxy) is 1. The number of imidazole rings is 1. The maximum absolute atomic E-state index is 11.9. The molecule has 30 heavy (non-hydrogen) atoms. The predicted molar refractivity (Wildman–Crippen MR) is 114 cm³/mol. The number of carboxylic acids is 1. The Labute approximate surface area is 175 Å².